The Morgan fingerprint density at radius 3 is 2.67 bits per heavy atom. The minimum atomic E-state index is -1.00. The lowest BCUT2D eigenvalue weighted by Gasteiger charge is -2.30. The van der Waals surface area contributed by atoms with Crippen molar-refractivity contribution in [1.82, 2.24) is 10.2 Å². The van der Waals surface area contributed by atoms with Gasteiger partial charge in [0.2, 0.25) is 6.17 Å². The number of fused-ring (bicyclic) bond motifs is 1. The van der Waals surface area contributed by atoms with E-state index in [9.17, 15) is 9.59 Å². The second kappa shape index (κ2) is 8.79. The van der Waals surface area contributed by atoms with Crippen molar-refractivity contribution in [2.45, 2.75) is 13.1 Å². The first kappa shape index (κ1) is 20.3. The first-order valence-electron chi connectivity index (χ1n) is 9.94. The molecule has 1 saturated heterocycles. The van der Waals surface area contributed by atoms with Crippen molar-refractivity contribution >= 4 is 40.9 Å². The number of likely N-dealkylation sites (N-methyl/N-ethyl adjacent to an activating group) is 1. The molecule has 2 N–H and O–H groups in total. The number of nitrogens with zero attached hydrogens (tertiary/aromatic N) is 3. The summed E-state index contributed by atoms with van der Waals surface area (Å²) in [7, 11) is 1.72. The Morgan fingerprint density at radius 2 is 1.90 bits per heavy atom. The third-order valence-corrected chi connectivity index (χ3v) is 6.12. The van der Waals surface area contributed by atoms with Gasteiger partial charge in [-0.1, -0.05) is 24.3 Å². The van der Waals surface area contributed by atoms with E-state index in [1.54, 1.807) is 11.9 Å². The summed E-state index contributed by atoms with van der Waals surface area (Å²) >= 11 is 1.91. The van der Waals surface area contributed by atoms with Crippen LogP contribution in [-0.4, -0.2) is 60.5 Å². The Bertz CT molecular complexity index is 987. The molecule has 2 aromatic rings. The molecule has 0 spiro atoms. The van der Waals surface area contributed by atoms with E-state index >= 15 is 0 Å². The molecular formula is C22H25N5O2S. The van der Waals surface area contributed by atoms with E-state index < -0.39 is 12.2 Å². The van der Waals surface area contributed by atoms with E-state index in [-0.39, 0.29) is 5.91 Å². The number of benzene rings is 2. The molecule has 8 heteroatoms. The molecule has 2 heterocycles. The van der Waals surface area contributed by atoms with Crippen LogP contribution in [0.15, 0.2) is 53.5 Å². The number of amidine groups is 1. The molecule has 3 amide bonds. The van der Waals surface area contributed by atoms with E-state index in [0.29, 0.717) is 5.69 Å². The molecule has 2 aliphatic heterocycles. The molecule has 0 bridgehead atoms. The van der Waals surface area contributed by atoms with Crippen LogP contribution in [0.2, 0.25) is 0 Å². The number of nitrogens with one attached hydrogen (secondary N) is 2. The maximum absolute atomic E-state index is 13.1. The summed E-state index contributed by atoms with van der Waals surface area (Å²) in [5.41, 5.74) is 3.41. The van der Waals surface area contributed by atoms with Crippen LogP contribution in [0.5, 0.6) is 0 Å². The molecule has 156 valence electrons. The van der Waals surface area contributed by atoms with Crippen LogP contribution in [0.1, 0.15) is 11.1 Å². The van der Waals surface area contributed by atoms with Gasteiger partial charge in [-0.25, -0.2) is 9.79 Å². The highest BCUT2D eigenvalue weighted by Crippen LogP contribution is 2.27. The summed E-state index contributed by atoms with van der Waals surface area (Å²) < 4.78 is 0. The highest BCUT2D eigenvalue weighted by molar-refractivity contribution is 7.99. The molecule has 0 aliphatic carbocycles. The van der Waals surface area contributed by atoms with Gasteiger partial charge >= 0.3 is 6.03 Å². The number of carbonyl (C=O) groups is 2. The smallest absolute Gasteiger partial charge is 0.321 e. The fourth-order valence-electron chi connectivity index (χ4n) is 3.64. The standard InChI is InChI=1S/C22H25N5O2S/c1-15-6-5-7-16(14-15)23-22(29)25-19-21(28)26(2)18-9-4-3-8-17(18)20(24-19)27-10-12-30-13-11-27/h3-9,14,19H,10-13H2,1-2H3,(H2,23,25,29)/t19-/m0/s1. The van der Waals surface area contributed by atoms with Gasteiger partial charge in [0.05, 0.1) is 5.69 Å². The van der Waals surface area contributed by atoms with Crippen molar-refractivity contribution in [3.8, 4) is 0 Å². The van der Waals surface area contributed by atoms with Crippen LogP contribution in [-0.2, 0) is 4.79 Å². The third-order valence-electron chi connectivity index (χ3n) is 5.18. The minimum Gasteiger partial charge on any atom is -0.355 e. The molecule has 2 aliphatic rings. The van der Waals surface area contributed by atoms with Gasteiger partial charge in [-0.2, -0.15) is 11.8 Å². The van der Waals surface area contributed by atoms with E-state index in [4.69, 9.17) is 4.99 Å². The predicted octanol–water partition coefficient (Wildman–Crippen LogP) is 2.91. The maximum Gasteiger partial charge on any atom is 0.321 e. The van der Waals surface area contributed by atoms with Gasteiger partial charge in [0.25, 0.3) is 5.91 Å². The number of benzodiazepines with no additional fused rings is 1. The zero-order chi connectivity index (χ0) is 21.1. The topological polar surface area (TPSA) is 77.0 Å². The number of hydrogen-bond donors (Lipinski definition) is 2. The Hall–Kier alpha value is -3.00. The second-order valence-corrected chi connectivity index (χ2v) is 8.56. The molecule has 1 atom stereocenters. The summed E-state index contributed by atoms with van der Waals surface area (Å²) in [5.74, 6) is 2.50. The normalized spacial score (nSPS) is 18.9. The number of para-hydroxylation sites is 1. The number of amides is 3. The van der Waals surface area contributed by atoms with Crippen LogP contribution in [0.4, 0.5) is 16.2 Å². The monoisotopic (exact) mass is 423 g/mol. The SMILES string of the molecule is Cc1cccc(NC(=O)N[C@@H]2N=C(N3CCSCC3)c3ccccc3N(C)C2=O)c1. The van der Waals surface area contributed by atoms with E-state index in [1.807, 2.05) is 67.2 Å². The third kappa shape index (κ3) is 4.28. The number of anilines is 2. The largest absolute Gasteiger partial charge is 0.355 e. The lowest BCUT2D eigenvalue weighted by molar-refractivity contribution is -0.119. The highest BCUT2D eigenvalue weighted by atomic mass is 32.2. The van der Waals surface area contributed by atoms with Crippen molar-refractivity contribution < 1.29 is 9.59 Å². The quantitative estimate of drug-likeness (QED) is 0.779. The van der Waals surface area contributed by atoms with Crippen molar-refractivity contribution in [2.75, 3.05) is 41.9 Å². The van der Waals surface area contributed by atoms with E-state index in [0.717, 1.165) is 47.2 Å². The molecule has 2 aromatic carbocycles. The van der Waals surface area contributed by atoms with Gasteiger partial charge in [-0.3, -0.25) is 4.79 Å². The Morgan fingerprint density at radius 1 is 1.13 bits per heavy atom. The minimum absolute atomic E-state index is 0.275. The van der Waals surface area contributed by atoms with Crippen LogP contribution in [0.3, 0.4) is 0 Å². The van der Waals surface area contributed by atoms with Gasteiger partial charge < -0.3 is 20.4 Å². The highest BCUT2D eigenvalue weighted by Gasteiger charge is 2.32. The number of urea groups is 1. The van der Waals surface area contributed by atoms with Crippen molar-refractivity contribution in [3.05, 3.63) is 59.7 Å². The molecule has 7 nitrogen and oxygen atoms in total. The van der Waals surface area contributed by atoms with Crippen molar-refractivity contribution in [2.24, 2.45) is 4.99 Å². The Balaban J connectivity index is 1.63. The number of rotatable bonds is 2. The summed E-state index contributed by atoms with van der Waals surface area (Å²) in [4.78, 5) is 34.3. The molecular weight excluding hydrogens is 398 g/mol. The molecule has 1 fully saturated rings. The first-order chi connectivity index (χ1) is 14.5. The molecule has 0 radical (unpaired) electrons. The number of thioether (sulfide) groups is 1. The Kier molecular flexibility index (Phi) is 5.94. The summed E-state index contributed by atoms with van der Waals surface area (Å²) in [5, 5.41) is 5.54. The molecule has 0 saturated carbocycles. The van der Waals surface area contributed by atoms with Crippen LogP contribution in [0, 0.1) is 6.92 Å². The van der Waals surface area contributed by atoms with Crippen LogP contribution < -0.4 is 15.5 Å². The number of aryl methyl sites for hydroxylation is 1. The Labute approximate surface area is 180 Å². The first-order valence-corrected chi connectivity index (χ1v) is 11.1. The average molecular weight is 424 g/mol. The molecule has 0 aromatic heterocycles. The van der Waals surface area contributed by atoms with Gasteiger partial charge in [-0.05, 0) is 36.8 Å². The summed E-state index contributed by atoms with van der Waals surface area (Å²) in [6.45, 7) is 3.67. The molecule has 30 heavy (non-hydrogen) atoms. The van der Waals surface area contributed by atoms with Crippen molar-refractivity contribution in [3.63, 3.8) is 0 Å². The van der Waals surface area contributed by atoms with Gasteiger partial charge in [0.1, 0.15) is 5.84 Å². The predicted molar refractivity (Wildman–Crippen MR) is 122 cm³/mol. The van der Waals surface area contributed by atoms with Gasteiger partial charge in [0.15, 0.2) is 0 Å². The second-order valence-electron chi connectivity index (χ2n) is 7.34. The zero-order valence-corrected chi connectivity index (χ0v) is 17.9. The summed E-state index contributed by atoms with van der Waals surface area (Å²) in [6, 6.07) is 14.8. The fraction of sp³-hybridized carbons (Fsp3) is 0.318. The lowest BCUT2D eigenvalue weighted by Crippen LogP contribution is -2.48. The van der Waals surface area contributed by atoms with E-state index in [1.165, 1.54) is 0 Å². The van der Waals surface area contributed by atoms with E-state index in [2.05, 4.69) is 15.5 Å². The average Bonchev–Trinajstić information content (AvgIpc) is 2.85. The van der Waals surface area contributed by atoms with Crippen LogP contribution >= 0.6 is 11.8 Å². The fourth-order valence-corrected chi connectivity index (χ4v) is 4.54. The lowest BCUT2D eigenvalue weighted by atomic mass is 10.1. The van der Waals surface area contributed by atoms with Gasteiger partial charge in [0, 0.05) is 42.9 Å². The van der Waals surface area contributed by atoms with Gasteiger partial charge in [-0.15, -0.1) is 0 Å². The molecule has 0 unspecified atom stereocenters. The summed E-state index contributed by atoms with van der Waals surface area (Å²) in [6.07, 6.45) is -1.00. The maximum atomic E-state index is 13.1. The number of hydrogen-bond acceptors (Lipinski definition) is 5. The van der Waals surface area contributed by atoms with Crippen molar-refractivity contribution in [1.29, 1.82) is 0 Å². The number of aliphatic imine (C=N–C) groups is 1. The zero-order valence-electron chi connectivity index (χ0n) is 17.1. The molecule has 4 rings (SSSR count). The van der Waals surface area contributed by atoms with Crippen LogP contribution in [0.25, 0.3) is 0 Å². The number of carbonyl (C=O) groups excluding carboxylic acids is 2.